The molecule has 0 aliphatic carbocycles. The molecule has 12 bridgehead atoms. The normalized spacial score (nSPS) is 57.9. The maximum atomic E-state index is 14.6. The van der Waals surface area contributed by atoms with Gasteiger partial charge in [-0.2, -0.15) is 0 Å². The van der Waals surface area contributed by atoms with E-state index in [-0.39, 0.29) is 110 Å². The number of fused-ring (bicyclic) bond motifs is 10. The molecule has 0 saturated carbocycles. The lowest BCUT2D eigenvalue weighted by atomic mass is 9.79. The molecule has 81 heavy (non-hydrogen) atoms. The smallest absolute Gasteiger partial charge is 0.308 e. The van der Waals surface area contributed by atoms with Gasteiger partial charge in [-0.3, -0.25) is 4.79 Å². The van der Waals surface area contributed by atoms with Gasteiger partial charge in [0.05, 0.1) is 123 Å². The van der Waals surface area contributed by atoms with Crippen molar-refractivity contribution in [1.82, 2.24) is 0 Å². The number of aliphatic hydroxyl groups is 5. The zero-order valence-corrected chi connectivity index (χ0v) is 47.2. The summed E-state index contributed by atoms with van der Waals surface area (Å²) in [5.74, 6) is -5.84. The molecule has 5 N–H and O–H groups in total. The van der Waals surface area contributed by atoms with Crippen LogP contribution in [-0.2, 0) is 75.8 Å². The minimum absolute atomic E-state index is 0.0207. The molecule has 16 saturated heterocycles. The Balaban J connectivity index is 0.660. The van der Waals surface area contributed by atoms with Crippen LogP contribution in [0.25, 0.3) is 0 Å². The van der Waals surface area contributed by atoms with Crippen LogP contribution in [0.5, 0.6) is 0 Å². The molecule has 0 radical (unpaired) electrons. The first-order chi connectivity index (χ1) is 38.8. The van der Waals surface area contributed by atoms with Gasteiger partial charge in [0.15, 0.2) is 17.7 Å². The maximum Gasteiger partial charge on any atom is 0.308 e. The van der Waals surface area contributed by atoms with E-state index < -0.39 is 121 Å². The predicted molar refractivity (Wildman–Crippen MR) is 276 cm³/mol. The topological polar surface area (TPSA) is 257 Å². The van der Waals surface area contributed by atoms with Crippen molar-refractivity contribution in [1.29, 1.82) is 0 Å². The number of esters is 1. The van der Waals surface area contributed by atoms with Gasteiger partial charge in [0.2, 0.25) is 11.6 Å². The van der Waals surface area contributed by atoms with Crippen molar-refractivity contribution in [2.45, 2.75) is 313 Å². The fourth-order valence-corrected chi connectivity index (χ4v) is 18.2. The monoisotopic (exact) mass is 1140 g/mol. The summed E-state index contributed by atoms with van der Waals surface area (Å²) in [6, 6.07) is 0. The maximum absolute atomic E-state index is 14.6. The first-order valence-electron chi connectivity index (χ1n) is 31.0. The number of carbonyl (C=O) groups excluding carboxylic acids is 1. The highest BCUT2D eigenvalue weighted by molar-refractivity contribution is 5.70. The Kier molecular flexibility index (Phi) is 14.0. The Morgan fingerprint density at radius 1 is 0.568 bits per heavy atom. The van der Waals surface area contributed by atoms with Gasteiger partial charge < -0.3 is 96.6 Å². The molecule has 21 heteroatoms. The van der Waals surface area contributed by atoms with Crippen LogP contribution in [0.15, 0.2) is 24.3 Å². The zero-order valence-electron chi connectivity index (χ0n) is 47.2. The van der Waals surface area contributed by atoms with Gasteiger partial charge in [0, 0.05) is 63.7 Å². The lowest BCUT2D eigenvalue weighted by Gasteiger charge is -2.50. The summed E-state index contributed by atoms with van der Waals surface area (Å²) in [5.41, 5.74) is 1.99. The van der Waals surface area contributed by atoms with E-state index in [2.05, 4.69) is 40.9 Å². The molecule has 452 valence electrons. The first-order valence-corrected chi connectivity index (χ1v) is 31.0. The molecule has 0 aromatic heterocycles. The molecule has 3 spiro atoms. The van der Waals surface area contributed by atoms with E-state index in [1.165, 1.54) is 0 Å². The van der Waals surface area contributed by atoms with Crippen molar-refractivity contribution in [3.05, 3.63) is 24.3 Å². The summed E-state index contributed by atoms with van der Waals surface area (Å²) in [7, 11) is 0. The molecule has 33 atom stereocenters. The summed E-state index contributed by atoms with van der Waals surface area (Å²) >= 11 is 0. The second-order valence-corrected chi connectivity index (χ2v) is 27.8. The average molecular weight is 1140 g/mol. The minimum Gasteiger partial charge on any atom is -0.459 e. The zero-order chi connectivity index (χ0) is 55.8. The summed E-state index contributed by atoms with van der Waals surface area (Å²) < 4.78 is 102. The second-order valence-electron chi connectivity index (χ2n) is 27.8. The number of hydrogen-bond acceptors (Lipinski definition) is 21. The van der Waals surface area contributed by atoms with Gasteiger partial charge in [0.1, 0.15) is 36.6 Å². The third-order valence-electron chi connectivity index (χ3n) is 22.2. The quantitative estimate of drug-likeness (QED) is 0.200. The molecule has 0 aromatic rings. The number of ether oxygens (including phenoxy) is 15. The SMILES string of the molecule is C=C1C2C[C@@H]3O[C@H]4C[C@H]5O[C@]6(C[C@@H]7O[C@]8(C[C@H](C)C9O[C@H]([C@@H](O)C[C@@H](O)CO)C[C@@H]9O8)C[C@H](C)[C@@H]7O6)C[C@H]5O[C@H]4[C@H](C)[C@H]3OC(=O)C[C@H]3CC[C@@H]4OC5C6O[C@]7(O)[C@H]5O[C@@](CC[C@H]5CC(=C)[C@H](CC[C@@H](C[C@H]1C)O2)O5)(O[C@H]6[C@H]4O3)[C@@H]7O. The van der Waals surface area contributed by atoms with Gasteiger partial charge in [-0.15, -0.1) is 0 Å². The Hall–Kier alpha value is -1.81. The summed E-state index contributed by atoms with van der Waals surface area (Å²) in [5, 5.41) is 54.2. The molecular weight excluding hydrogens is 1060 g/mol. The van der Waals surface area contributed by atoms with Gasteiger partial charge in [-0.1, -0.05) is 40.9 Å². The predicted octanol–water partition coefficient (Wildman–Crippen LogP) is 3.22. The lowest BCUT2D eigenvalue weighted by molar-refractivity contribution is -0.347. The van der Waals surface area contributed by atoms with Gasteiger partial charge in [-0.25, -0.2) is 0 Å². The van der Waals surface area contributed by atoms with Crippen LogP contribution >= 0.6 is 0 Å². The minimum atomic E-state index is -2.03. The van der Waals surface area contributed by atoms with E-state index in [4.69, 9.17) is 71.1 Å². The number of carbonyl (C=O) groups is 1. The van der Waals surface area contributed by atoms with Gasteiger partial charge in [-0.05, 0) is 73.8 Å². The molecule has 21 nitrogen and oxygen atoms in total. The Morgan fingerprint density at radius 3 is 2.10 bits per heavy atom. The highest BCUT2D eigenvalue weighted by Crippen LogP contribution is 2.60. The highest BCUT2D eigenvalue weighted by Gasteiger charge is 2.79. The van der Waals surface area contributed by atoms with Crippen LogP contribution in [0.3, 0.4) is 0 Å². The fraction of sp³-hybridized carbons (Fsp3) is 0.917. The average Bonchev–Trinajstić information content (AvgIpc) is 3.59. The van der Waals surface area contributed by atoms with E-state index >= 15 is 0 Å². The Labute approximate surface area is 473 Å². The third kappa shape index (κ3) is 9.28. The number of rotatable bonds is 4. The molecule has 4 unspecified atom stereocenters. The number of aliphatic hydroxyl groups excluding tert-OH is 4. The largest absolute Gasteiger partial charge is 0.459 e. The van der Waals surface area contributed by atoms with Crippen LogP contribution in [0.2, 0.25) is 0 Å². The van der Waals surface area contributed by atoms with Crippen LogP contribution in [0, 0.1) is 23.7 Å². The van der Waals surface area contributed by atoms with E-state index in [1.54, 1.807) is 0 Å². The molecule has 16 heterocycles. The van der Waals surface area contributed by atoms with Gasteiger partial charge >= 0.3 is 5.97 Å². The lowest BCUT2D eigenvalue weighted by Crippen LogP contribution is -2.63. The van der Waals surface area contributed by atoms with E-state index in [9.17, 15) is 30.3 Å². The second kappa shape index (κ2) is 20.4. The fourth-order valence-electron chi connectivity index (χ4n) is 18.2. The van der Waals surface area contributed by atoms with Crippen LogP contribution in [0.1, 0.15) is 137 Å². The van der Waals surface area contributed by atoms with Gasteiger partial charge in [0.25, 0.3) is 0 Å². The highest BCUT2D eigenvalue weighted by atomic mass is 16.8. The van der Waals surface area contributed by atoms with Crippen LogP contribution in [-0.4, -0.2) is 214 Å². The van der Waals surface area contributed by atoms with E-state index in [0.717, 1.165) is 24.0 Å². The summed E-state index contributed by atoms with van der Waals surface area (Å²) in [4.78, 5) is 14.6. The van der Waals surface area contributed by atoms with Crippen molar-refractivity contribution >= 4 is 5.97 Å². The van der Waals surface area contributed by atoms with Crippen molar-refractivity contribution in [3.63, 3.8) is 0 Å². The molecular formula is C60H86O21. The van der Waals surface area contributed by atoms with E-state index in [0.29, 0.717) is 77.0 Å². The molecule has 0 aromatic carbocycles. The molecule has 16 fully saturated rings. The van der Waals surface area contributed by atoms with Crippen LogP contribution in [0.4, 0.5) is 0 Å². The van der Waals surface area contributed by atoms with Crippen LogP contribution < -0.4 is 0 Å². The summed E-state index contributed by atoms with van der Waals surface area (Å²) in [6.07, 6.45) is -5.06. The molecule has 16 aliphatic heterocycles. The van der Waals surface area contributed by atoms with Crippen molar-refractivity contribution in [2.75, 3.05) is 6.61 Å². The first kappa shape index (κ1) is 55.7. The van der Waals surface area contributed by atoms with Crippen molar-refractivity contribution in [3.8, 4) is 0 Å². The standard InChI is InChI=1S/C60H86O21/c1-25-13-32-7-9-36-26(2)14-34(67-36)11-12-59-56(65)60(66)55(81-59)54-53(80-60)52(79-59)51-37(71-54)10-8-33(69-51)16-46(64)74-50-30(6)49-42(70-41(50)17-38(68-32)29(25)5)19-40-44(73-49)22-58(75-40)23-45-48(78-58)28(4)21-57(77-45)20-27(3)47-43(76-57)18-39(72-47)35(63)15-31(62)24-61/h25,27-28,30-45,47-56,61-63,65-66H,2,5,7-24H2,1,3-4,6H3/t25-,27+,28+,30+,31-,32+,33-,34+,35+,36+,37+,38?,39+,40-,41+,42+,43+,44-,45+,47?,48+,49+,50-,51+,52+,53?,54?,55+,56+,57-,58-,59-,60-/m1/s1. The number of hydrogen-bond donors (Lipinski definition) is 5. The Bertz CT molecular complexity index is 2430. The molecule has 0 amide bonds. The van der Waals surface area contributed by atoms with Crippen molar-refractivity contribution < 1.29 is 101 Å². The van der Waals surface area contributed by atoms with Crippen molar-refractivity contribution in [2.24, 2.45) is 23.7 Å². The molecule has 16 aliphatic rings. The third-order valence-corrected chi connectivity index (χ3v) is 22.2. The summed E-state index contributed by atoms with van der Waals surface area (Å²) in [6.45, 7) is 17.2. The van der Waals surface area contributed by atoms with E-state index in [1.807, 2.05) is 0 Å². The Morgan fingerprint density at radius 2 is 1.27 bits per heavy atom. The molecule has 16 rings (SSSR count).